The van der Waals surface area contributed by atoms with Crippen LogP contribution >= 0.6 is 15.9 Å². The summed E-state index contributed by atoms with van der Waals surface area (Å²) in [5, 5.41) is 12.9. The number of benzene rings is 4. The summed E-state index contributed by atoms with van der Waals surface area (Å²) >= 11 is 3.55. The van der Waals surface area contributed by atoms with E-state index >= 15 is 0 Å². The van der Waals surface area contributed by atoms with Gasteiger partial charge in [0.25, 0.3) is 0 Å². The molecule has 0 N–H and O–H groups in total. The third-order valence-electron chi connectivity index (χ3n) is 7.12. The van der Waals surface area contributed by atoms with Crippen LogP contribution in [0.4, 0.5) is 5.69 Å². The van der Waals surface area contributed by atoms with E-state index in [1.807, 2.05) is 107 Å². The molecule has 1 aliphatic heterocycles. The van der Waals surface area contributed by atoms with Crippen LogP contribution in [0.2, 0.25) is 0 Å². The average molecular weight is 587 g/mol. The molecule has 1 unspecified atom stereocenters. The summed E-state index contributed by atoms with van der Waals surface area (Å²) in [5.41, 5.74) is 6.11. The van der Waals surface area contributed by atoms with Crippen LogP contribution in [0.15, 0.2) is 140 Å². The van der Waals surface area contributed by atoms with E-state index in [1.54, 1.807) is 6.07 Å². The number of para-hydroxylation sites is 3. The summed E-state index contributed by atoms with van der Waals surface area (Å²) in [7, 11) is 0. The molecular formula is C33H23BrN4O2. The van der Waals surface area contributed by atoms with Gasteiger partial charge in [0.05, 0.1) is 34.4 Å². The highest BCUT2D eigenvalue weighted by Gasteiger charge is 2.34. The molecule has 7 rings (SSSR count). The topological polar surface area (TPSA) is 63.6 Å². The summed E-state index contributed by atoms with van der Waals surface area (Å²) in [6, 6.07) is 37.5. The van der Waals surface area contributed by atoms with Crippen LogP contribution in [-0.2, 0) is 0 Å². The maximum atomic E-state index is 13.1. The number of aromatic nitrogens is 2. The fourth-order valence-corrected chi connectivity index (χ4v) is 5.44. The zero-order valence-corrected chi connectivity index (χ0v) is 22.9. The fourth-order valence-electron chi connectivity index (χ4n) is 5.17. The molecule has 0 fully saturated rings. The zero-order chi connectivity index (χ0) is 27.1. The Labute approximate surface area is 238 Å². The molecule has 0 radical (unpaired) electrons. The van der Waals surface area contributed by atoms with E-state index in [0.29, 0.717) is 23.3 Å². The number of anilines is 1. The van der Waals surface area contributed by atoms with Crippen LogP contribution in [0, 0.1) is 0 Å². The number of fused-ring (bicyclic) bond motifs is 1. The standard InChI is InChI=1S/C33H23BrN4O2/c34-24-17-15-22(16-18-24)32-28(21-37(36-32)25-10-3-1-4-11-25)30-20-29(35-38(30)26-12-5-2-6-13-26)27-19-23-9-7-8-14-31(23)40-33(27)39/h1-19,21,30H,20H2. The Morgan fingerprint density at radius 2 is 1.48 bits per heavy atom. The third-order valence-corrected chi connectivity index (χ3v) is 7.65. The highest BCUT2D eigenvalue weighted by Crippen LogP contribution is 2.40. The number of halogens is 1. The lowest BCUT2D eigenvalue weighted by molar-refractivity contribution is 0.559. The van der Waals surface area contributed by atoms with Crippen molar-refractivity contribution in [1.82, 2.24) is 9.78 Å². The molecule has 194 valence electrons. The van der Waals surface area contributed by atoms with Gasteiger partial charge < -0.3 is 4.42 Å². The van der Waals surface area contributed by atoms with Crippen LogP contribution in [0.1, 0.15) is 23.6 Å². The lowest BCUT2D eigenvalue weighted by Gasteiger charge is -2.23. The summed E-state index contributed by atoms with van der Waals surface area (Å²) in [5.74, 6) is 0. The lowest BCUT2D eigenvalue weighted by Crippen LogP contribution is -2.19. The SMILES string of the molecule is O=c1oc2ccccc2cc1C1=NN(c2ccccc2)C(c2cn(-c3ccccc3)nc2-c2ccc(Br)cc2)C1. The first-order valence-corrected chi connectivity index (χ1v) is 13.8. The van der Waals surface area contributed by atoms with Gasteiger partial charge in [-0.05, 0) is 48.5 Å². The minimum absolute atomic E-state index is 0.195. The number of rotatable bonds is 5. The molecule has 0 amide bonds. The van der Waals surface area contributed by atoms with Crippen molar-refractivity contribution in [3.63, 3.8) is 0 Å². The van der Waals surface area contributed by atoms with Gasteiger partial charge in [-0.2, -0.15) is 10.2 Å². The fraction of sp³-hybridized carbons (Fsp3) is 0.0606. The largest absolute Gasteiger partial charge is 0.422 e. The van der Waals surface area contributed by atoms with Crippen molar-refractivity contribution >= 4 is 38.3 Å². The third kappa shape index (κ3) is 4.44. The first-order valence-electron chi connectivity index (χ1n) is 13.0. The van der Waals surface area contributed by atoms with Crippen LogP contribution in [0.25, 0.3) is 27.9 Å². The van der Waals surface area contributed by atoms with Crippen LogP contribution in [0.5, 0.6) is 0 Å². The quantitative estimate of drug-likeness (QED) is 0.194. The molecule has 0 aliphatic carbocycles. The van der Waals surface area contributed by atoms with E-state index in [-0.39, 0.29) is 11.7 Å². The molecule has 1 atom stereocenters. The highest BCUT2D eigenvalue weighted by atomic mass is 79.9. The molecule has 2 aromatic heterocycles. The van der Waals surface area contributed by atoms with Crippen LogP contribution < -0.4 is 10.6 Å². The number of hydrogen-bond donors (Lipinski definition) is 0. The maximum Gasteiger partial charge on any atom is 0.345 e. The average Bonchev–Trinajstić information content (AvgIpc) is 3.63. The van der Waals surface area contributed by atoms with Gasteiger partial charge in [-0.25, -0.2) is 9.48 Å². The van der Waals surface area contributed by atoms with Crippen molar-refractivity contribution in [2.45, 2.75) is 12.5 Å². The molecule has 6 aromatic rings. The molecule has 4 aromatic carbocycles. The van der Waals surface area contributed by atoms with Crippen LogP contribution in [-0.4, -0.2) is 15.5 Å². The maximum absolute atomic E-state index is 13.1. The summed E-state index contributed by atoms with van der Waals surface area (Å²) in [4.78, 5) is 13.1. The van der Waals surface area contributed by atoms with Crippen molar-refractivity contribution < 1.29 is 4.42 Å². The van der Waals surface area contributed by atoms with Crippen LogP contribution in [0.3, 0.4) is 0 Å². The first kappa shape index (κ1) is 24.3. The molecule has 0 saturated carbocycles. The Morgan fingerprint density at radius 1 is 0.800 bits per heavy atom. The van der Waals surface area contributed by atoms with E-state index in [2.05, 4.69) is 34.3 Å². The molecular weight excluding hydrogens is 564 g/mol. The van der Waals surface area contributed by atoms with Crippen molar-refractivity contribution in [3.8, 4) is 16.9 Å². The first-order chi connectivity index (χ1) is 19.6. The second-order valence-electron chi connectivity index (χ2n) is 9.65. The Hall–Kier alpha value is -4.75. The van der Waals surface area contributed by atoms with E-state index in [1.165, 1.54) is 0 Å². The number of nitrogens with zero attached hydrogens (tertiary/aromatic N) is 4. The Bertz CT molecular complexity index is 1910. The predicted molar refractivity (Wildman–Crippen MR) is 162 cm³/mol. The van der Waals surface area contributed by atoms with E-state index in [0.717, 1.165) is 38.1 Å². The van der Waals surface area contributed by atoms with Gasteiger partial charge in [0.15, 0.2) is 0 Å². The second kappa shape index (κ2) is 10.1. The van der Waals surface area contributed by atoms with E-state index < -0.39 is 0 Å². The Kier molecular flexibility index (Phi) is 6.13. The molecule has 0 saturated heterocycles. The number of hydrogen-bond acceptors (Lipinski definition) is 5. The van der Waals surface area contributed by atoms with E-state index in [9.17, 15) is 4.79 Å². The van der Waals surface area contributed by atoms with Crippen molar-refractivity contribution in [1.29, 1.82) is 0 Å². The number of hydrazone groups is 1. The summed E-state index contributed by atoms with van der Waals surface area (Å²) < 4.78 is 8.59. The molecule has 7 heteroatoms. The van der Waals surface area contributed by atoms with Gasteiger partial charge in [0.1, 0.15) is 5.58 Å². The second-order valence-corrected chi connectivity index (χ2v) is 10.6. The molecule has 40 heavy (non-hydrogen) atoms. The Morgan fingerprint density at radius 3 is 2.23 bits per heavy atom. The van der Waals surface area contributed by atoms with Gasteiger partial charge in [-0.15, -0.1) is 0 Å². The molecule has 1 aliphatic rings. The molecule has 0 spiro atoms. The minimum Gasteiger partial charge on any atom is -0.422 e. The Balaban J connectivity index is 1.39. The van der Waals surface area contributed by atoms with Gasteiger partial charge in [-0.3, -0.25) is 5.01 Å². The van der Waals surface area contributed by atoms with Crippen molar-refractivity contribution in [2.24, 2.45) is 5.10 Å². The van der Waals surface area contributed by atoms with E-state index in [4.69, 9.17) is 14.6 Å². The van der Waals surface area contributed by atoms with Gasteiger partial charge in [0.2, 0.25) is 0 Å². The van der Waals surface area contributed by atoms with Crippen molar-refractivity contribution in [3.05, 3.63) is 147 Å². The molecule has 3 heterocycles. The molecule has 0 bridgehead atoms. The predicted octanol–water partition coefficient (Wildman–Crippen LogP) is 7.76. The minimum atomic E-state index is -0.390. The summed E-state index contributed by atoms with van der Waals surface area (Å²) in [6.45, 7) is 0. The van der Waals surface area contributed by atoms with Crippen molar-refractivity contribution in [2.75, 3.05) is 5.01 Å². The smallest absolute Gasteiger partial charge is 0.345 e. The van der Waals surface area contributed by atoms with Gasteiger partial charge >= 0.3 is 5.63 Å². The lowest BCUT2D eigenvalue weighted by atomic mass is 9.96. The normalized spacial score (nSPS) is 15.0. The molecule has 6 nitrogen and oxygen atoms in total. The zero-order valence-electron chi connectivity index (χ0n) is 21.3. The monoisotopic (exact) mass is 586 g/mol. The van der Waals surface area contributed by atoms with Gasteiger partial charge in [0, 0.05) is 33.6 Å². The van der Waals surface area contributed by atoms with Gasteiger partial charge in [-0.1, -0.05) is 82.7 Å². The summed E-state index contributed by atoms with van der Waals surface area (Å²) in [6.07, 6.45) is 2.59. The highest BCUT2D eigenvalue weighted by molar-refractivity contribution is 9.10.